The van der Waals surface area contributed by atoms with Crippen molar-refractivity contribution in [3.05, 3.63) is 77.5 Å². The Balaban J connectivity index is 1.71. The molecule has 2 aromatic heterocycles. The summed E-state index contributed by atoms with van der Waals surface area (Å²) in [5.41, 5.74) is 1.80. The molecule has 0 unspecified atom stereocenters. The van der Waals surface area contributed by atoms with Gasteiger partial charge in [-0.15, -0.1) is 0 Å². The number of nitrogens with zero attached hydrogens (tertiary/aromatic N) is 3. The Labute approximate surface area is 156 Å². The van der Waals surface area contributed by atoms with Crippen LogP contribution in [-0.2, 0) is 19.5 Å². The van der Waals surface area contributed by atoms with E-state index in [9.17, 15) is 19.4 Å². The number of hydrogen-bond donors (Lipinski definition) is 2. The van der Waals surface area contributed by atoms with E-state index in [1.54, 1.807) is 31.6 Å². The van der Waals surface area contributed by atoms with Gasteiger partial charge >= 0.3 is 0 Å². The second-order valence-corrected chi connectivity index (χ2v) is 6.30. The van der Waals surface area contributed by atoms with Crippen LogP contribution in [0.15, 0.2) is 55.0 Å². The van der Waals surface area contributed by atoms with E-state index < -0.39 is 11.7 Å². The smallest absolute Gasteiger partial charge is 0.259 e. The number of rotatable bonds is 6. The van der Waals surface area contributed by atoms with Crippen LogP contribution >= 0.6 is 0 Å². The molecule has 0 saturated carbocycles. The highest BCUT2D eigenvalue weighted by Gasteiger charge is 2.23. The number of hydrogen-bond acceptors (Lipinski definition) is 4. The molecule has 3 rings (SSSR count). The standard InChI is InChI=1S/C20H20FN3O3/c1-23(12-15-2-4-16(21)5-3-15)19(26)17-13-24(20(27)18(17)25)11-8-14-6-9-22-10-7-14/h2-7,9-10,13,25,27H,8,11-12H2,1H3. The molecule has 2 heterocycles. The quantitative estimate of drug-likeness (QED) is 0.700. The number of amides is 1. The van der Waals surface area contributed by atoms with Gasteiger partial charge in [-0.1, -0.05) is 12.1 Å². The van der Waals surface area contributed by atoms with E-state index in [1.165, 1.54) is 27.8 Å². The zero-order valence-corrected chi connectivity index (χ0v) is 14.8. The molecular weight excluding hydrogens is 349 g/mol. The van der Waals surface area contributed by atoms with Gasteiger partial charge in [-0.3, -0.25) is 9.78 Å². The molecule has 0 atom stereocenters. The fourth-order valence-electron chi connectivity index (χ4n) is 2.80. The zero-order chi connectivity index (χ0) is 19.4. The van der Waals surface area contributed by atoms with Crippen LogP contribution in [0.25, 0.3) is 0 Å². The van der Waals surface area contributed by atoms with Crippen LogP contribution in [-0.4, -0.2) is 37.6 Å². The van der Waals surface area contributed by atoms with E-state index >= 15 is 0 Å². The number of carbonyl (C=O) groups is 1. The average molecular weight is 369 g/mol. The zero-order valence-electron chi connectivity index (χ0n) is 14.8. The molecule has 1 aromatic carbocycles. The highest BCUT2D eigenvalue weighted by Crippen LogP contribution is 2.32. The topological polar surface area (TPSA) is 78.6 Å². The van der Waals surface area contributed by atoms with Crippen LogP contribution in [0.5, 0.6) is 11.6 Å². The van der Waals surface area contributed by atoms with Crippen LogP contribution in [0, 0.1) is 5.82 Å². The largest absolute Gasteiger partial charge is 0.503 e. The Kier molecular flexibility index (Phi) is 5.40. The molecule has 27 heavy (non-hydrogen) atoms. The van der Waals surface area contributed by atoms with E-state index in [1.807, 2.05) is 12.1 Å². The molecule has 0 aliphatic heterocycles. The molecule has 0 saturated heterocycles. The Morgan fingerprint density at radius 2 is 1.78 bits per heavy atom. The Morgan fingerprint density at radius 3 is 2.44 bits per heavy atom. The summed E-state index contributed by atoms with van der Waals surface area (Å²) >= 11 is 0. The van der Waals surface area contributed by atoms with Gasteiger partial charge in [0.05, 0.1) is 0 Å². The van der Waals surface area contributed by atoms with Crippen LogP contribution in [0.4, 0.5) is 4.39 Å². The Bertz CT molecular complexity index is 924. The van der Waals surface area contributed by atoms with Gasteiger partial charge in [-0.25, -0.2) is 4.39 Å². The second-order valence-electron chi connectivity index (χ2n) is 6.30. The second kappa shape index (κ2) is 7.90. The number of carbonyl (C=O) groups excluding carboxylic acids is 1. The summed E-state index contributed by atoms with van der Waals surface area (Å²) < 4.78 is 14.4. The van der Waals surface area contributed by atoms with Crippen LogP contribution in [0.2, 0.25) is 0 Å². The fraction of sp³-hybridized carbons (Fsp3) is 0.200. The fourth-order valence-corrected chi connectivity index (χ4v) is 2.80. The molecule has 140 valence electrons. The van der Waals surface area contributed by atoms with Crippen molar-refractivity contribution >= 4 is 5.91 Å². The van der Waals surface area contributed by atoms with Crippen molar-refractivity contribution in [3.8, 4) is 11.6 Å². The Morgan fingerprint density at radius 1 is 1.11 bits per heavy atom. The summed E-state index contributed by atoms with van der Waals surface area (Å²) in [5.74, 6) is -1.57. The van der Waals surface area contributed by atoms with Crippen LogP contribution < -0.4 is 0 Å². The average Bonchev–Trinajstić information content (AvgIpc) is 2.96. The van der Waals surface area contributed by atoms with Crippen LogP contribution in [0.1, 0.15) is 21.5 Å². The van der Waals surface area contributed by atoms with Crippen molar-refractivity contribution in [3.63, 3.8) is 0 Å². The SMILES string of the molecule is CN(Cc1ccc(F)cc1)C(=O)c1cn(CCc2ccncc2)c(O)c1O. The minimum absolute atomic E-state index is 0.0202. The first-order valence-electron chi connectivity index (χ1n) is 8.45. The first kappa shape index (κ1) is 18.4. The molecular formula is C20H20FN3O3. The third kappa shape index (κ3) is 4.25. The summed E-state index contributed by atoms with van der Waals surface area (Å²) in [7, 11) is 1.58. The van der Waals surface area contributed by atoms with Gasteiger partial charge in [0.2, 0.25) is 5.88 Å². The molecule has 7 heteroatoms. The molecule has 6 nitrogen and oxygen atoms in total. The third-order valence-electron chi connectivity index (χ3n) is 4.32. The molecule has 0 aliphatic rings. The maximum absolute atomic E-state index is 13.0. The predicted octanol–water partition coefficient (Wildman–Crippen LogP) is 2.95. The summed E-state index contributed by atoms with van der Waals surface area (Å²) in [4.78, 5) is 18.0. The van der Waals surface area contributed by atoms with E-state index in [2.05, 4.69) is 4.98 Å². The highest BCUT2D eigenvalue weighted by atomic mass is 19.1. The van der Waals surface area contributed by atoms with E-state index in [0.29, 0.717) is 13.0 Å². The highest BCUT2D eigenvalue weighted by molar-refractivity contribution is 5.97. The summed E-state index contributed by atoms with van der Waals surface area (Å²) in [5, 5.41) is 20.3. The van der Waals surface area contributed by atoms with Gasteiger partial charge in [0.25, 0.3) is 5.91 Å². The third-order valence-corrected chi connectivity index (χ3v) is 4.32. The summed E-state index contributed by atoms with van der Waals surface area (Å²) in [6.45, 7) is 0.653. The van der Waals surface area contributed by atoms with Crippen LogP contribution in [0.3, 0.4) is 0 Å². The maximum atomic E-state index is 13.0. The lowest BCUT2D eigenvalue weighted by Crippen LogP contribution is -2.26. The molecule has 3 aromatic rings. The van der Waals surface area contributed by atoms with Crippen molar-refractivity contribution in [2.45, 2.75) is 19.5 Å². The van der Waals surface area contributed by atoms with Crippen molar-refractivity contribution in [1.82, 2.24) is 14.5 Å². The van der Waals surface area contributed by atoms with Gasteiger partial charge in [0.15, 0.2) is 5.75 Å². The predicted molar refractivity (Wildman–Crippen MR) is 97.9 cm³/mol. The van der Waals surface area contributed by atoms with Gasteiger partial charge < -0.3 is 19.7 Å². The number of aryl methyl sites for hydroxylation is 2. The first-order valence-corrected chi connectivity index (χ1v) is 8.45. The molecule has 2 N–H and O–H groups in total. The number of aromatic nitrogens is 2. The summed E-state index contributed by atoms with van der Waals surface area (Å²) in [6, 6.07) is 9.57. The number of benzene rings is 1. The van der Waals surface area contributed by atoms with E-state index in [-0.39, 0.29) is 23.8 Å². The molecule has 0 aliphatic carbocycles. The minimum atomic E-state index is -0.444. The van der Waals surface area contributed by atoms with Crippen molar-refractivity contribution in [2.24, 2.45) is 0 Å². The lowest BCUT2D eigenvalue weighted by Gasteiger charge is -2.16. The lowest BCUT2D eigenvalue weighted by atomic mass is 10.2. The Hall–Kier alpha value is -3.35. The molecule has 0 fully saturated rings. The van der Waals surface area contributed by atoms with E-state index in [0.717, 1.165) is 11.1 Å². The molecule has 0 radical (unpaired) electrons. The monoisotopic (exact) mass is 369 g/mol. The lowest BCUT2D eigenvalue weighted by molar-refractivity contribution is 0.0782. The number of halogens is 1. The maximum Gasteiger partial charge on any atom is 0.259 e. The molecule has 1 amide bonds. The van der Waals surface area contributed by atoms with Crippen molar-refractivity contribution in [2.75, 3.05) is 7.05 Å². The normalized spacial score (nSPS) is 10.7. The first-order chi connectivity index (χ1) is 13.0. The summed E-state index contributed by atoms with van der Waals surface area (Å²) in [6.07, 6.45) is 5.42. The molecule has 0 spiro atoms. The molecule has 0 bridgehead atoms. The number of pyridine rings is 1. The van der Waals surface area contributed by atoms with Gasteiger partial charge in [-0.2, -0.15) is 0 Å². The van der Waals surface area contributed by atoms with Gasteiger partial charge in [0, 0.05) is 38.7 Å². The van der Waals surface area contributed by atoms with Gasteiger partial charge in [0.1, 0.15) is 11.4 Å². The van der Waals surface area contributed by atoms with E-state index in [4.69, 9.17) is 0 Å². The minimum Gasteiger partial charge on any atom is -0.503 e. The van der Waals surface area contributed by atoms with Crippen molar-refractivity contribution < 1.29 is 19.4 Å². The van der Waals surface area contributed by atoms with Crippen molar-refractivity contribution in [1.29, 1.82) is 0 Å². The van der Waals surface area contributed by atoms with Gasteiger partial charge in [-0.05, 0) is 41.8 Å². The number of aromatic hydroxyl groups is 2.